The highest BCUT2D eigenvalue weighted by Gasteiger charge is 2.31. The van der Waals surface area contributed by atoms with Crippen LogP contribution in [0.3, 0.4) is 0 Å². The molecule has 0 amide bonds. The molecule has 1 aliphatic carbocycles. The lowest BCUT2D eigenvalue weighted by Crippen LogP contribution is -2.13. The summed E-state index contributed by atoms with van der Waals surface area (Å²) >= 11 is 4.57. The Morgan fingerprint density at radius 3 is 2.70 bits per heavy atom. The van der Waals surface area contributed by atoms with Crippen LogP contribution in [-0.2, 0) is 11.2 Å². The van der Waals surface area contributed by atoms with Crippen molar-refractivity contribution in [3.05, 3.63) is 44.7 Å². The molecule has 0 atom stereocenters. The number of carbonyl (C=O) groups excluding carboxylic acids is 2. The molecule has 1 heterocycles. The molecule has 4 nitrogen and oxygen atoms in total. The van der Waals surface area contributed by atoms with Gasteiger partial charge in [0, 0.05) is 10.9 Å². The minimum absolute atomic E-state index is 0.0326. The van der Waals surface area contributed by atoms with Crippen molar-refractivity contribution >= 4 is 39.0 Å². The fraction of sp³-hybridized carbons (Fsp3) is 0.294. The summed E-state index contributed by atoms with van der Waals surface area (Å²) in [7, 11) is 0. The number of halogens is 1. The van der Waals surface area contributed by atoms with E-state index >= 15 is 0 Å². The Labute approximate surface area is 146 Å². The summed E-state index contributed by atoms with van der Waals surface area (Å²) in [4.78, 5) is 24.9. The average molecular weight is 395 g/mol. The van der Waals surface area contributed by atoms with E-state index in [1.165, 1.54) is 11.3 Å². The van der Waals surface area contributed by atoms with Crippen LogP contribution in [0.1, 0.15) is 45.4 Å². The molecule has 0 unspecified atom stereocenters. The first kappa shape index (κ1) is 16.2. The number of hydrogen-bond donors (Lipinski definition) is 0. The minimum atomic E-state index is -0.380. The number of esters is 1. The fourth-order valence-electron chi connectivity index (χ4n) is 2.56. The molecule has 1 aliphatic rings. The lowest BCUT2D eigenvalue weighted by atomic mass is 9.92. The SMILES string of the molecule is CCOC(=O)c1sc(Oc2ccc(Br)cc2)c2c1CCCC2=O. The number of benzene rings is 1. The topological polar surface area (TPSA) is 52.6 Å². The van der Waals surface area contributed by atoms with E-state index in [9.17, 15) is 9.59 Å². The fourth-order valence-corrected chi connectivity index (χ4v) is 3.95. The largest absolute Gasteiger partial charge is 0.462 e. The van der Waals surface area contributed by atoms with Gasteiger partial charge >= 0.3 is 5.97 Å². The van der Waals surface area contributed by atoms with Crippen molar-refractivity contribution in [2.24, 2.45) is 0 Å². The molecule has 1 aromatic heterocycles. The van der Waals surface area contributed by atoms with Crippen molar-refractivity contribution in [1.29, 1.82) is 0 Å². The highest BCUT2D eigenvalue weighted by atomic mass is 79.9. The molecule has 0 bridgehead atoms. The van der Waals surface area contributed by atoms with E-state index in [-0.39, 0.29) is 11.8 Å². The average Bonchev–Trinajstić information content (AvgIpc) is 2.90. The monoisotopic (exact) mass is 394 g/mol. The Hall–Kier alpha value is -1.66. The summed E-state index contributed by atoms with van der Waals surface area (Å²) in [6.07, 6.45) is 1.95. The summed E-state index contributed by atoms with van der Waals surface area (Å²) in [5.74, 6) is 0.283. The summed E-state index contributed by atoms with van der Waals surface area (Å²) < 4.78 is 11.9. The summed E-state index contributed by atoms with van der Waals surface area (Å²) in [5.41, 5.74) is 1.32. The van der Waals surface area contributed by atoms with Crippen molar-refractivity contribution in [3.63, 3.8) is 0 Å². The normalized spacial score (nSPS) is 13.6. The van der Waals surface area contributed by atoms with Crippen LogP contribution >= 0.6 is 27.3 Å². The van der Waals surface area contributed by atoms with E-state index in [1.807, 2.05) is 24.3 Å². The van der Waals surface area contributed by atoms with E-state index in [0.717, 1.165) is 16.5 Å². The van der Waals surface area contributed by atoms with E-state index < -0.39 is 0 Å². The first-order valence-electron chi connectivity index (χ1n) is 7.39. The smallest absolute Gasteiger partial charge is 0.348 e. The van der Waals surface area contributed by atoms with E-state index in [4.69, 9.17) is 9.47 Å². The second kappa shape index (κ2) is 6.84. The van der Waals surface area contributed by atoms with Crippen LogP contribution in [0.15, 0.2) is 28.7 Å². The van der Waals surface area contributed by atoms with E-state index in [2.05, 4.69) is 15.9 Å². The van der Waals surface area contributed by atoms with Crippen LogP contribution in [0.4, 0.5) is 0 Å². The zero-order valence-electron chi connectivity index (χ0n) is 12.6. The molecule has 0 saturated carbocycles. The summed E-state index contributed by atoms with van der Waals surface area (Å²) in [6, 6.07) is 7.36. The van der Waals surface area contributed by atoms with Gasteiger partial charge in [-0.05, 0) is 49.6 Å². The first-order valence-corrected chi connectivity index (χ1v) is 9.00. The molecule has 0 fully saturated rings. The van der Waals surface area contributed by atoms with Gasteiger partial charge in [0.05, 0.1) is 12.2 Å². The highest BCUT2D eigenvalue weighted by molar-refractivity contribution is 9.10. The van der Waals surface area contributed by atoms with Gasteiger partial charge in [0.2, 0.25) is 0 Å². The van der Waals surface area contributed by atoms with Crippen LogP contribution in [0.25, 0.3) is 0 Å². The Morgan fingerprint density at radius 1 is 1.26 bits per heavy atom. The van der Waals surface area contributed by atoms with Gasteiger partial charge in [-0.1, -0.05) is 27.3 Å². The maximum absolute atomic E-state index is 12.3. The molecule has 1 aromatic carbocycles. The second-order valence-corrected chi connectivity index (χ2v) is 7.02. The van der Waals surface area contributed by atoms with Gasteiger partial charge in [-0.3, -0.25) is 4.79 Å². The molecule has 23 heavy (non-hydrogen) atoms. The molecular formula is C17H15BrO4S. The predicted molar refractivity (Wildman–Crippen MR) is 91.8 cm³/mol. The number of hydrogen-bond acceptors (Lipinski definition) is 5. The van der Waals surface area contributed by atoms with Crippen LogP contribution < -0.4 is 4.74 Å². The number of ketones is 1. The predicted octanol–water partition coefficient (Wildman–Crippen LogP) is 5.00. The Kier molecular flexibility index (Phi) is 4.82. The lowest BCUT2D eigenvalue weighted by molar-refractivity contribution is 0.0531. The third-order valence-corrected chi connectivity index (χ3v) is 5.19. The third kappa shape index (κ3) is 3.33. The van der Waals surface area contributed by atoms with Gasteiger partial charge in [0.15, 0.2) is 10.8 Å². The summed E-state index contributed by atoms with van der Waals surface area (Å²) in [5, 5.41) is 0.482. The van der Waals surface area contributed by atoms with Gasteiger partial charge in [0.25, 0.3) is 0 Å². The number of thiophene rings is 1. The molecule has 0 N–H and O–H groups in total. The van der Waals surface area contributed by atoms with Crippen molar-refractivity contribution in [1.82, 2.24) is 0 Å². The summed E-state index contributed by atoms with van der Waals surface area (Å²) in [6.45, 7) is 2.07. The van der Waals surface area contributed by atoms with Gasteiger partial charge in [-0.15, -0.1) is 0 Å². The van der Waals surface area contributed by atoms with Gasteiger partial charge in [-0.2, -0.15) is 0 Å². The molecule has 2 aromatic rings. The number of carbonyl (C=O) groups is 2. The van der Waals surface area contributed by atoms with E-state index in [1.54, 1.807) is 6.92 Å². The maximum atomic E-state index is 12.3. The Bertz CT molecular complexity index is 749. The molecule has 0 saturated heterocycles. The lowest BCUT2D eigenvalue weighted by Gasteiger charge is -2.13. The highest BCUT2D eigenvalue weighted by Crippen LogP contribution is 2.42. The molecule has 0 aliphatic heterocycles. The van der Waals surface area contributed by atoms with Gasteiger partial charge < -0.3 is 9.47 Å². The van der Waals surface area contributed by atoms with Gasteiger partial charge in [0.1, 0.15) is 10.6 Å². The van der Waals surface area contributed by atoms with E-state index in [0.29, 0.717) is 40.7 Å². The Morgan fingerprint density at radius 2 is 2.00 bits per heavy atom. The molecule has 120 valence electrons. The van der Waals surface area contributed by atoms with Crippen molar-refractivity contribution in [3.8, 4) is 10.8 Å². The maximum Gasteiger partial charge on any atom is 0.348 e. The van der Waals surface area contributed by atoms with Crippen LogP contribution in [-0.4, -0.2) is 18.4 Å². The molecular weight excluding hydrogens is 380 g/mol. The number of ether oxygens (including phenoxy) is 2. The standard InChI is InChI=1S/C17H15BrO4S/c1-2-21-16(20)15-12-4-3-5-13(19)14(12)17(23-15)22-11-8-6-10(18)7-9-11/h6-9H,2-5H2,1H3. The quantitative estimate of drug-likeness (QED) is 0.684. The second-order valence-electron chi connectivity index (χ2n) is 5.13. The molecule has 0 radical (unpaired) electrons. The number of fused-ring (bicyclic) bond motifs is 1. The zero-order valence-corrected chi connectivity index (χ0v) is 15.0. The van der Waals surface area contributed by atoms with Gasteiger partial charge in [-0.25, -0.2) is 4.79 Å². The minimum Gasteiger partial charge on any atom is -0.462 e. The first-order chi connectivity index (χ1) is 11.1. The third-order valence-electron chi connectivity index (χ3n) is 3.57. The van der Waals surface area contributed by atoms with Crippen LogP contribution in [0.2, 0.25) is 0 Å². The molecule has 6 heteroatoms. The number of rotatable bonds is 4. The zero-order chi connectivity index (χ0) is 16.4. The van der Waals surface area contributed by atoms with Crippen molar-refractivity contribution in [2.75, 3.05) is 6.61 Å². The van der Waals surface area contributed by atoms with Crippen LogP contribution in [0, 0.1) is 0 Å². The number of Topliss-reactive ketones (excluding diaryl/α,β-unsaturated/α-hetero) is 1. The molecule has 0 spiro atoms. The van der Waals surface area contributed by atoms with Crippen molar-refractivity contribution in [2.45, 2.75) is 26.2 Å². The molecule has 3 rings (SSSR count). The Balaban J connectivity index is 2.00. The van der Waals surface area contributed by atoms with Crippen LogP contribution in [0.5, 0.6) is 10.8 Å². The van der Waals surface area contributed by atoms with Crippen molar-refractivity contribution < 1.29 is 19.1 Å².